The summed E-state index contributed by atoms with van der Waals surface area (Å²) in [5.41, 5.74) is 2.51. The Morgan fingerprint density at radius 2 is 1.70 bits per heavy atom. The van der Waals surface area contributed by atoms with E-state index in [0.29, 0.717) is 5.92 Å². The second-order valence-electron chi connectivity index (χ2n) is 10.7. The van der Waals surface area contributed by atoms with E-state index >= 15 is 0 Å². The van der Waals surface area contributed by atoms with Crippen LogP contribution in [-0.2, 0) is 23.8 Å². The molecule has 2 heterocycles. The molecule has 0 saturated carbocycles. The number of hydrogen-bond acceptors (Lipinski definition) is 5. The average Bonchev–Trinajstić information content (AvgIpc) is 3.56. The van der Waals surface area contributed by atoms with E-state index < -0.39 is 6.10 Å². The second kappa shape index (κ2) is 11.9. The monoisotopic (exact) mass is 502 g/mol. The second-order valence-corrected chi connectivity index (χ2v) is 10.7. The molecule has 2 aliphatic heterocycles. The Kier molecular flexibility index (Phi) is 8.65. The van der Waals surface area contributed by atoms with E-state index in [4.69, 9.17) is 14.2 Å². The molecule has 5 heteroatoms. The third-order valence-electron chi connectivity index (χ3n) is 7.47. The zero-order valence-electron chi connectivity index (χ0n) is 22.1. The van der Waals surface area contributed by atoms with Crippen molar-refractivity contribution in [3.8, 4) is 0 Å². The van der Waals surface area contributed by atoms with Gasteiger partial charge in [-0.15, -0.1) is 6.58 Å². The molecule has 2 aliphatic rings. The van der Waals surface area contributed by atoms with Gasteiger partial charge in [0.25, 0.3) is 0 Å². The predicted octanol–water partition coefficient (Wildman–Crippen LogP) is 6.74. The van der Waals surface area contributed by atoms with E-state index in [1.54, 1.807) is 12.2 Å². The van der Waals surface area contributed by atoms with Crippen LogP contribution in [0.25, 0.3) is 0 Å². The lowest BCUT2D eigenvalue weighted by molar-refractivity contribution is -0.179. The quantitative estimate of drug-likeness (QED) is 0.0998. The van der Waals surface area contributed by atoms with Gasteiger partial charge in [-0.2, -0.15) is 0 Å². The first-order valence-corrected chi connectivity index (χ1v) is 13.3. The third kappa shape index (κ3) is 6.78. The zero-order chi connectivity index (χ0) is 26.4. The first-order valence-electron chi connectivity index (χ1n) is 13.3. The Bertz CT molecular complexity index is 1070. The summed E-state index contributed by atoms with van der Waals surface area (Å²) in [6.45, 7) is 10.0. The van der Waals surface area contributed by atoms with Crippen molar-refractivity contribution in [1.29, 1.82) is 0 Å². The topological polar surface area (TPSA) is 65.1 Å². The van der Waals surface area contributed by atoms with Gasteiger partial charge in [-0.25, -0.2) is 4.79 Å². The van der Waals surface area contributed by atoms with Crippen molar-refractivity contribution in [3.05, 3.63) is 96.1 Å². The fourth-order valence-electron chi connectivity index (χ4n) is 5.46. The summed E-state index contributed by atoms with van der Waals surface area (Å²) in [6, 6.07) is 19.6. The van der Waals surface area contributed by atoms with Crippen molar-refractivity contribution in [1.82, 2.24) is 0 Å². The highest BCUT2D eigenvalue weighted by Gasteiger charge is 2.53. The standard InChI is InChI=1S/C32H38O5/c1-5-26-27(35-31(26)34)19-13-12-14-22(2)21-32(4)30(37-32)23(3)20-28(33)36-29(24-15-8-6-9-16-24)25-17-10-7-11-18-25/h5-11,15-18,20,22,26-27,29-30H,1,12-14,19,21H2,2-4H3/b23-20+/t22-,26-,27-,30?,32?/m1/s1. The van der Waals surface area contributed by atoms with Crippen LogP contribution in [0, 0.1) is 11.8 Å². The van der Waals surface area contributed by atoms with Gasteiger partial charge in [0.15, 0.2) is 6.10 Å². The van der Waals surface area contributed by atoms with Crippen LogP contribution >= 0.6 is 0 Å². The lowest BCUT2D eigenvalue weighted by atomic mass is 9.87. The minimum Gasteiger partial charge on any atom is -0.461 e. The number of carbonyl (C=O) groups excluding carboxylic acids is 2. The molecule has 2 fully saturated rings. The summed E-state index contributed by atoms with van der Waals surface area (Å²) in [7, 11) is 0. The fraction of sp³-hybridized carbons (Fsp3) is 0.438. The number of benzene rings is 2. The summed E-state index contributed by atoms with van der Waals surface area (Å²) in [4.78, 5) is 24.3. The molecule has 4 rings (SSSR count). The van der Waals surface area contributed by atoms with Gasteiger partial charge in [0, 0.05) is 6.08 Å². The molecule has 0 aromatic heterocycles. The van der Waals surface area contributed by atoms with Crippen LogP contribution in [0.5, 0.6) is 0 Å². The first kappa shape index (κ1) is 26.9. The summed E-state index contributed by atoms with van der Waals surface area (Å²) in [6.07, 6.45) is 7.77. The Balaban J connectivity index is 1.26. The zero-order valence-corrected chi connectivity index (χ0v) is 22.1. The molecule has 0 radical (unpaired) electrons. The van der Waals surface area contributed by atoms with E-state index in [9.17, 15) is 9.59 Å². The third-order valence-corrected chi connectivity index (χ3v) is 7.47. The molecule has 0 amide bonds. The minimum absolute atomic E-state index is 0.00453. The molecule has 5 atom stereocenters. The largest absolute Gasteiger partial charge is 0.461 e. The van der Waals surface area contributed by atoms with Gasteiger partial charge in [-0.1, -0.05) is 86.5 Å². The molecule has 0 aliphatic carbocycles. The van der Waals surface area contributed by atoms with E-state index in [2.05, 4.69) is 20.4 Å². The predicted molar refractivity (Wildman–Crippen MR) is 144 cm³/mol. The molecule has 2 unspecified atom stereocenters. The van der Waals surface area contributed by atoms with Crippen molar-refractivity contribution < 1.29 is 23.8 Å². The normalized spacial score (nSPS) is 25.7. The van der Waals surface area contributed by atoms with Crippen molar-refractivity contribution in [2.75, 3.05) is 0 Å². The van der Waals surface area contributed by atoms with Crippen LogP contribution in [0.2, 0.25) is 0 Å². The maximum atomic E-state index is 12.9. The van der Waals surface area contributed by atoms with Crippen LogP contribution in [0.1, 0.15) is 70.1 Å². The SMILES string of the molecule is C=C[C@H]1C(=O)O[C@@H]1CCCC[C@@H](C)CC1(C)OC1/C(C)=C/C(=O)OC(c1ccccc1)c1ccccc1. The molecule has 2 aromatic rings. The molecular formula is C32H38O5. The van der Waals surface area contributed by atoms with Gasteiger partial charge in [-0.3, -0.25) is 4.79 Å². The number of carbonyl (C=O) groups is 2. The molecule has 37 heavy (non-hydrogen) atoms. The van der Waals surface area contributed by atoms with Crippen molar-refractivity contribution in [3.63, 3.8) is 0 Å². The Hall–Kier alpha value is -3.18. The number of unbranched alkanes of at least 4 members (excludes halogenated alkanes) is 1. The Labute approximate surface area is 220 Å². The van der Waals surface area contributed by atoms with E-state index in [0.717, 1.165) is 48.8 Å². The number of esters is 2. The van der Waals surface area contributed by atoms with Crippen LogP contribution in [0.15, 0.2) is 85.0 Å². The number of epoxide rings is 1. The highest BCUT2D eigenvalue weighted by Crippen LogP contribution is 2.46. The number of cyclic esters (lactones) is 1. The van der Waals surface area contributed by atoms with Gasteiger partial charge >= 0.3 is 11.9 Å². The minimum atomic E-state index is -0.462. The molecule has 0 N–H and O–H groups in total. The number of ether oxygens (including phenoxy) is 3. The van der Waals surface area contributed by atoms with Crippen LogP contribution in [0.4, 0.5) is 0 Å². The maximum absolute atomic E-state index is 12.9. The molecule has 0 bridgehead atoms. The van der Waals surface area contributed by atoms with Gasteiger partial charge in [0.05, 0.1) is 5.60 Å². The Morgan fingerprint density at radius 3 is 2.27 bits per heavy atom. The smallest absolute Gasteiger partial charge is 0.331 e. The first-order chi connectivity index (χ1) is 17.8. The lowest BCUT2D eigenvalue weighted by Gasteiger charge is -2.33. The fourth-order valence-corrected chi connectivity index (χ4v) is 5.46. The van der Waals surface area contributed by atoms with Crippen molar-refractivity contribution in [2.45, 2.75) is 76.8 Å². The van der Waals surface area contributed by atoms with Gasteiger partial charge in [0.2, 0.25) is 0 Å². The van der Waals surface area contributed by atoms with Crippen LogP contribution < -0.4 is 0 Å². The van der Waals surface area contributed by atoms with E-state index in [1.165, 1.54) is 0 Å². The van der Waals surface area contributed by atoms with E-state index in [-0.39, 0.29) is 35.7 Å². The van der Waals surface area contributed by atoms with Gasteiger partial charge < -0.3 is 14.2 Å². The number of hydrogen-bond donors (Lipinski definition) is 0. The summed E-state index contributed by atoms with van der Waals surface area (Å²) in [5, 5.41) is 0. The van der Waals surface area contributed by atoms with Crippen LogP contribution in [0.3, 0.4) is 0 Å². The Morgan fingerprint density at radius 1 is 1.08 bits per heavy atom. The summed E-state index contributed by atoms with van der Waals surface area (Å²) >= 11 is 0. The molecule has 196 valence electrons. The highest BCUT2D eigenvalue weighted by atomic mass is 16.6. The molecule has 2 aromatic carbocycles. The highest BCUT2D eigenvalue weighted by molar-refractivity contribution is 5.83. The van der Waals surface area contributed by atoms with Crippen molar-refractivity contribution in [2.24, 2.45) is 11.8 Å². The molecule has 2 saturated heterocycles. The number of rotatable bonds is 13. The maximum Gasteiger partial charge on any atom is 0.331 e. The van der Waals surface area contributed by atoms with Gasteiger partial charge in [0.1, 0.15) is 18.1 Å². The molecular weight excluding hydrogens is 464 g/mol. The molecule has 0 spiro atoms. The lowest BCUT2D eigenvalue weighted by Crippen LogP contribution is -2.43. The van der Waals surface area contributed by atoms with Crippen LogP contribution in [-0.4, -0.2) is 29.7 Å². The van der Waals surface area contributed by atoms with Gasteiger partial charge in [-0.05, 0) is 55.7 Å². The average molecular weight is 503 g/mol. The molecule has 5 nitrogen and oxygen atoms in total. The van der Waals surface area contributed by atoms with E-state index in [1.807, 2.05) is 67.6 Å². The summed E-state index contributed by atoms with van der Waals surface area (Å²) in [5.74, 6) is -0.152. The summed E-state index contributed by atoms with van der Waals surface area (Å²) < 4.78 is 17.2. The van der Waals surface area contributed by atoms with Crippen molar-refractivity contribution >= 4 is 11.9 Å².